The van der Waals surface area contributed by atoms with Crippen molar-refractivity contribution in [3.8, 4) is 0 Å². The number of aliphatic hydroxyl groups is 1. The van der Waals surface area contributed by atoms with Crippen LogP contribution in [0.2, 0.25) is 0 Å². The molecule has 0 saturated heterocycles. The number of carbonyl (C=O) groups is 1. The lowest BCUT2D eigenvalue weighted by Gasteiger charge is -2.09. The number of carbonyl (C=O) groups excluding carboxylic acids is 1. The van der Waals surface area contributed by atoms with Gasteiger partial charge in [0.2, 0.25) is 5.91 Å². The summed E-state index contributed by atoms with van der Waals surface area (Å²) in [5, 5.41) is 11.8. The number of anilines is 1. The standard InChI is InChI=1S/C13H20N2O2/c1-10(8-14)5-6-13(17)15-12-4-2-3-11(7-12)9-16/h2-4,7,10,16H,5-6,8-9,14H2,1H3,(H,15,17). The van der Waals surface area contributed by atoms with E-state index in [1.165, 1.54) is 0 Å². The molecule has 1 aromatic carbocycles. The predicted octanol–water partition coefficient (Wildman–Crippen LogP) is 1.49. The van der Waals surface area contributed by atoms with Crippen LogP contribution in [0.3, 0.4) is 0 Å². The molecular formula is C13H20N2O2. The van der Waals surface area contributed by atoms with Crippen LogP contribution in [0.5, 0.6) is 0 Å². The molecule has 4 nitrogen and oxygen atoms in total. The smallest absolute Gasteiger partial charge is 0.224 e. The molecule has 0 aliphatic heterocycles. The van der Waals surface area contributed by atoms with E-state index in [1.807, 2.05) is 25.1 Å². The quantitative estimate of drug-likeness (QED) is 0.700. The van der Waals surface area contributed by atoms with Crippen LogP contribution in [0.25, 0.3) is 0 Å². The van der Waals surface area contributed by atoms with Crippen molar-refractivity contribution in [3.63, 3.8) is 0 Å². The Bertz CT molecular complexity index is 366. The van der Waals surface area contributed by atoms with Crippen molar-refractivity contribution in [2.24, 2.45) is 11.7 Å². The lowest BCUT2D eigenvalue weighted by molar-refractivity contribution is -0.116. The van der Waals surface area contributed by atoms with Gasteiger partial charge in [-0.25, -0.2) is 0 Å². The summed E-state index contributed by atoms with van der Waals surface area (Å²) in [5.41, 5.74) is 7.00. The highest BCUT2D eigenvalue weighted by Crippen LogP contribution is 2.12. The zero-order valence-corrected chi connectivity index (χ0v) is 10.1. The first kappa shape index (κ1) is 13.7. The summed E-state index contributed by atoms with van der Waals surface area (Å²) in [6.07, 6.45) is 1.27. The highest BCUT2D eigenvalue weighted by molar-refractivity contribution is 5.90. The third-order valence-electron chi connectivity index (χ3n) is 2.66. The second-order valence-electron chi connectivity index (χ2n) is 4.29. The predicted molar refractivity (Wildman–Crippen MR) is 68.4 cm³/mol. The first-order valence-electron chi connectivity index (χ1n) is 5.85. The summed E-state index contributed by atoms with van der Waals surface area (Å²) in [6, 6.07) is 7.20. The molecule has 1 amide bonds. The van der Waals surface area contributed by atoms with Gasteiger partial charge in [0.15, 0.2) is 0 Å². The Hall–Kier alpha value is -1.39. The molecule has 0 saturated carbocycles. The summed E-state index contributed by atoms with van der Waals surface area (Å²) < 4.78 is 0. The van der Waals surface area contributed by atoms with Crippen LogP contribution in [0.4, 0.5) is 5.69 Å². The lowest BCUT2D eigenvalue weighted by Crippen LogP contribution is -2.16. The molecule has 4 heteroatoms. The fourth-order valence-corrected chi connectivity index (χ4v) is 1.47. The van der Waals surface area contributed by atoms with Gasteiger partial charge < -0.3 is 16.2 Å². The fraction of sp³-hybridized carbons (Fsp3) is 0.462. The number of hydrogen-bond donors (Lipinski definition) is 3. The number of nitrogens with one attached hydrogen (secondary N) is 1. The van der Waals surface area contributed by atoms with Crippen LogP contribution in [-0.2, 0) is 11.4 Å². The molecule has 4 N–H and O–H groups in total. The molecule has 94 valence electrons. The largest absolute Gasteiger partial charge is 0.392 e. The molecule has 0 radical (unpaired) electrons. The number of amides is 1. The van der Waals surface area contributed by atoms with Crippen molar-refractivity contribution in [2.75, 3.05) is 11.9 Å². The number of rotatable bonds is 6. The Labute approximate surface area is 102 Å². The maximum atomic E-state index is 11.6. The summed E-state index contributed by atoms with van der Waals surface area (Å²) in [5.74, 6) is 0.352. The van der Waals surface area contributed by atoms with E-state index in [4.69, 9.17) is 10.8 Å². The molecule has 1 aromatic rings. The van der Waals surface area contributed by atoms with Crippen LogP contribution in [0.15, 0.2) is 24.3 Å². The fourth-order valence-electron chi connectivity index (χ4n) is 1.47. The Balaban J connectivity index is 2.44. The molecule has 0 aliphatic carbocycles. The van der Waals surface area contributed by atoms with E-state index in [9.17, 15) is 4.79 Å². The summed E-state index contributed by atoms with van der Waals surface area (Å²) >= 11 is 0. The molecule has 0 aromatic heterocycles. The molecule has 0 fully saturated rings. The van der Waals surface area contributed by atoms with Crippen LogP contribution in [0, 0.1) is 5.92 Å². The Morgan fingerprint density at radius 2 is 2.29 bits per heavy atom. The van der Waals surface area contributed by atoms with Crippen LogP contribution in [0.1, 0.15) is 25.3 Å². The molecule has 1 rings (SSSR count). The highest BCUT2D eigenvalue weighted by Gasteiger charge is 2.06. The zero-order valence-electron chi connectivity index (χ0n) is 10.1. The first-order valence-corrected chi connectivity index (χ1v) is 5.85. The second kappa shape index (κ2) is 7.04. The van der Waals surface area contributed by atoms with Gasteiger partial charge in [-0.05, 0) is 36.6 Å². The third kappa shape index (κ3) is 4.97. The van der Waals surface area contributed by atoms with E-state index in [2.05, 4.69) is 5.32 Å². The van der Waals surface area contributed by atoms with Crippen molar-refractivity contribution >= 4 is 11.6 Å². The topological polar surface area (TPSA) is 75.4 Å². The molecular weight excluding hydrogens is 216 g/mol. The SMILES string of the molecule is CC(CN)CCC(=O)Nc1cccc(CO)c1. The van der Waals surface area contributed by atoms with Crippen molar-refractivity contribution in [1.82, 2.24) is 0 Å². The average molecular weight is 236 g/mol. The normalized spacial score (nSPS) is 12.2. The van der Waals surface area contributed by atoms with E-state index < -0.39 is 0 Å². The number of aliphatic hydroxyl groups excluding tert-OH is 1. The van der Waals surface area contributed by atoms with Crippen LogP contribution in [-0.4, -0.2) is 17.6 Å². The van der Waals surface area contributed by atoms with Gasteiger partial charge in [-0.15, -0.1) is 0 Å². The van der Waals surface area contributed by atoms with Crippen molar-refractivity contribution < 1.29 is 9.90 Å². The van der Waals surface area contributed by atoms with E-state index in [1.54, 1.807) is 6.07 Å². The van der Waals surface area contributed by atoms with Gasteiger partial charge >= 0.3 is 0 Å². The number of hydrogen-bond acceptors (Lipinski definition) is 3. The maximum absolute atomic E-state index is 11.6. The van der Waals surface area contributed by atoms with E-state index in [0.717, 1.165) is 17.7 Å². The van der Waals surface area contributed by atoms with Gasteiger partial charge in [0.1, 0.15) is 0 Å². The molecule has 0 spiro atoms. The van der Waals surface area contributed by atoms with Gasteiger partial charge in [0.25, 0.3) is 0 Å². The minimum Gasteiger partial charge on any atom is -0.392 e. The van der Waals surface area contributed by atoms with Gasteiger partial charge in [-0.3, -0.25) is 4.79 Å². The molecule has 0 bridgehead atoms. The zero-order chi connectivity index (χ0) is 12.7. The molecule has 0 heterocycles. The van der Waals surface area contributed by atoms with Gasteiger partial charge in [0, 0.05) is 12.1 Å². The summed E-state index contributed by atoms with van der Waals surface area (Å²) in [4.78, 5) is 11.6. The molecule has 1 unspecified atom stereocenters. The number of nitrogens with two attached hydrogens (primary N) is 1. The van der Waals surface area contributed by atoms with Crippen molar-refractivity contribution in [3.05, 3.63) is 29.8 Å². The molecule has 17 heavy (non-hydrogen) atoms. The van der Waals surface area contributed by atoms with Gasteiger partial charge in [-0.1, -0.05) is 19.1 Å². The monoisotopic (exact) mass is 236 g/mol. The van der Waals surface area contributed by atoms with E-state index in [0.29, 0.717) is 18.9 Å². The average Bonchev–Trinajstić information content (AvgIpc) is 2.36. The van der Waals surface area contributed by atoms with Gasteiger partial charge in [0.05, 0.1) is 6.61 Å². The van der Waals surface area contributed by atoms with Gasteiger partial charge in [-0.2, -0.15) is 0 Å². The summed E-state index contributed by atoms with van der Waals surface area (Å²) in [6.45, 7) is 2.61. The van der Waals surface area contributed by atoms with E-state index >= 15 is 0 Å². The van der Waals surface area contributed by atoms with E-state index in [-0.39, 0.29) is 12.5 Å². The maximum Gasteiger partial charge on any atom is 0.224 e. The minimum absolute atomic E-state index is 0.0135. The van der Waals surface area contributed by atoms with Crippen molar-refractivity contribution in [1.29, 1.82) is 0 Å². The Morgan fingerprint density at radius 3 is 2.94 bits per heavy atom. The molecule has 0 aliphatic rings. The second-order valence-corrected chi connectivity index (χ2v) is 4.29. The van der Waals surface area contributed by atoms with Crippen LogP contribution < -0.4 is 11.1 Å². The van der Waals surface area contributed by atoms with Crippen LogP contribution >= 0.6 is 0 Å². The Morgan fingerprint density at radius 1 is 1.53 bits per heavy atom. The highest BCUT2D eigenvalue weighted by atomic mass is 16.3. The van der Waals surface area contributed by atoms with Crippen molar-refractivity contribution in [2.45, 2.75) is 26.4 Å². The molecule has 1 atom stereocenters. The Kier molecular flexibility index (Phi) is 5.66. The number of benzene rings is 1. The lowest BCUT2D eigenvalue weighted by atomic mass is 10.1. The summed E-state index contributed by atoms with van der Waals surface area (Å²) in [7, 11) is 0. The minimum atomic E-state index is -0.0199. The first-order chi connectivity index (χ1) is 8.15. The third-order valence-corrected chi connectivity index (χ3v) is 2.66.